The van der Waals surface area contributed by atoms with E-state index in [4.69, 9.17) is 23.2 Å². The van der Waals surface area contributed by atoms with Gasteiger partial charge in [-0.1, -0.05) is 108 Å². The molecule has 0 aliphatic heterocycles. The molecule has 4 aromatic rings. The molecule has 0 bridgehead atoms. The first kappa shape index (κ1) is 35.0. The summed E-state index contributed by atoms with van der Waals surface area (Å²) in [5.74, 6) is -0.895. The summed E-state index contributed by atoms with van der Waals surface area (Å²) in [6, 6.07) is 26.8. The quantitative estimate of drug-likeness (QED) is 0.141. The molecular weight excluding hydrogens is 641 g/mol. The molecule has 1 atom stereocenters. The minimum Gasteiger partial charge on any atom is -0.354 e. The van der Waals surface area contributed by atoms with E-state index in [1.807, 2.05) is 51.1 Å². The Morgan fingerprint density at radius 1 is 0.848 bits per heavy atom. The van der Waals surface area contributed by atoms with E-state index in [1.54, 1.807) is 54.6 Å². The average Bonchev–Trinajstić information content (AvgIpc) is 3.03. The van der Waals surface area contributed by atoms with Crippen molar-refractivity contribution in [3.63, 3.8) is 0 Å². The fraction of sp³-hybridized carbons (Fsp3) is 0.278. The normalized spacial score (nSPS) is 11.9. The summed E-state index contributed by atoms with van der Waals surface area (Å²) in [4.78, 5) is 29.9. The van der Waals surface area contributed by atoms with E-state index in [-0.39, 0.29) is 23.8 Å². The number of nitrogens with one attached hydrogen (secondary N) is 1. The van der Waals surface area contributed by atoms with Gasteiger partial charge >= 0.3 is 0 Å². The van der Waals surface area contributed by atoms with E-state index in [2.05, 4.69) is 5.32 Å². The molecule has 1 N–H and O–H groups in total. The lowest BCUT2D eigenvalue weighted by Gasteiger charge is -2.34. The predicted molar refractivity (Wildman–Crippen MR) is 186 cm³/mol. The Balaban J connectivity index is 1.80. The van der Waals surface area contributed by atoms with Crippen LogP contribution in [-0.2, 0) is 32.6 Å². The number of carbonyl (C=O) groups is 2. The molecule has 242 valence electrons. The lowest BCUT2D eigenvalue weighted by molar-refractivity contribution is -0.140. The van der Waals surface area contributed by atoms with Crippen LogP contribution in [0, 0.1) is 13.8 Å². The third kappa shape index (κ3) is 9.12. The number of unbranched alkanes of at least 4 members (excludes halogenated alkanes) is 1. The second-order valence-corrected chi connectivity index (χ2v) is 14.0. The first-order valence-corrected chi connectivity index (χ1v) is 17.4. The molecule has 0 heterocycles. The summed E-state index contributed by atoms with van der Waals surface area (Å²) in [5, 5.41) is 3.74. The van der Waals surface area contributed by atoms with Gasteiger partial charge in [0.1, 0.15) is 12.6 Å². The van der Waals surface area contributed by atoms with Crippen LogP contribution >= 0.6 is 23.2 Å². The highest BCUT2D eigenvalue weighted by atomic mass is 35.5. The maximum Gasteiger partial charge on any atom is 0.264 e. The molecule has 0 spiro atoms. The number of benzene rings is 4. The summed E-state index contributed by atoms with van der Waals surface area (Å²) in [5.41, 5.74) is 3.59. The molecule has 0 saturated carbocycles. The van der Waals surface area contributed by atoms with Crippen LogP contribution in [0.15, 0.2) is 102 Å². The van der Waals surface area contributed by atoms with E-state index in [0.717, 1.165) is 33.8 Å². The topological polar surface area (TPSA) is 86.8 Å². The van der Waals surface area contributed by atoms with Gasteiger partial charge in [0.15, 0.2) is 0 Å². The van der Waals surface area contributed by atoms with E-state index >= 15 is 0 Å². The molecule has 0 aliphatic carbocycles. The zero-order valence-corrected chi connectivity index (χ0v) is 28.6. The first-order valence-electron chi connectivity index (χ1n) is 15.2. The van der Waals surface area contributed by atoms with E-state index in [9.17, 15) is 18.0 Å². The van der Waals surface area contributed by atoms with Crippen LogP contribution in [0.1, 0.15) is 42.0 Å². The summed E-state index contributed by atoms with van der Waals surface area (Å²) in [6.07, 6.45) is 1.87. The molecule has 4 rings (SSSR count). The highest BCUT2D eigenvalue weighted by Crippen LogP contribution is 2.27. The Hall–Kier alpha value is -3.85. The van der Waals surface area contributed by atoms with Crippen LogP contribution in [0.3, 0.4) is 0 Å². The Bertz CT molecular complexity index is 1730. The van der Waals surface area contributed by atoms with Gasteiger partial charge in [-0.2, -0.15) is 0 Å². The van der Waals surface area contributed by atoms with Crippen molar-refractivity contribution in [1.29, 1.82) is 0 Å². The van der Waals surface area contributed by atoms with Gasteiger partial charge in [0, 0.05) is 29.6 Å². The molecule has 4 aromatic carbocycles. The number of hydrogen-bond acceptors (Lipinski definition) is 4. The number of carbonyl (C=O) groups excluding carboxylic acids is 2. The number of amides is 2. The standard InChI is InChI=1S/C36H39Cl2N3O4S/c1-4-5-21-39-36(43)34(22-28-9-7-6-8-10-28)40(24-29-15-16-30(37)23-33(29)38)35(42)25-41(31-17-11-26(2)12-18-31)46(44,45)32-19-13-27(3)14-20-32/h6-20,23,34H,4-5,21-22,24-25H2,1-3H3,(H,39,43). The number of aryl methyl sites for hydroxylation is 2. The number of rotatable bonds is 14. The largest absolute Gasteiger partial charge is 0.354 e. The zero-order valence-electron chi connectivity index (χ0n) is 26.2. The van der Waals surface area contributed by atoms with Crippen LogP contribution in [0.5, 0.6) is 0 Å². The maximum absolute atomic E-state index is 14.5. The second-order valence-electron chi connectivity index (χ2n) is 11.3. The zero-order chi connectivity index (χ0) is 33.3. The monoisotopic (exact) mass is 679 g/mol. The molecule has 0 aliphatic rings. The minimum absolute atomic E-state index is 0.0418. The van der Waals surface area contributed by atoms with Crippen LogP contribution in [0.4, 0.5) is 5.69 Å². The maximum atomic E-state index is 14.5. The molecule has 46 heavy (non-hydrogen) atoms. The molecule has 0 radical (unpaired) electrons. The molecule has 0 aromatic heterocycles. The lowest BCUT2D eigenvalue weighted by Crippen LogP contribution is -2.53. The fourth-order valence-corrected chi connectivity index (χ4v) is 6.85. The molecule has 7 nitrogen and oxygen atoms in total. The van der Waals surface area contributed by atoms with Crippen molar-refractivity contribution in [2.45, 2.75) is 57.5 Å². The van der Waals surface area contributed by atoms with Crippen molar-refractivity contribution in [2.75, 3.05) is 17.4 Å². The number of sulfonamides is 1. The van der Waals surface area contributed by atoms with Crippen molar-refractivity contribution in [3.8, 4) is 0 Å². The number of anilines is 1. The third-order valence-corrected chi connectivity index (χ3v) is 10.0. The van der Waals surface area contributed by atoms with Gasteiger partial charge in [-0.3, -0.25) is 13.9 Å². The minimum atomic E-state index is -4.18. The van der Waals surface area contributed by atoms with Crippen molar-refractivity contribution in [2.24, 2.45) is 0 Å². The Morgan fingerprint density at radius 3 is 2.09 bits per heavy atom. The molecule has 1 unspecified atom stereocenters. The smallest absolute Gasteiger partial charge is 0.264 e. The number of hydrogen-bond donors (Lipinski definition) is 1. The Labute approximate surface area is 282 Å². The van der Waals surface area contributed by atoms with Gasteiger partial charge in [-0.05, 0) is 67.8 Å². The van der Waals surface area contributed by atoms with E-state index in [0.29, 0.717) is 27.8 Å². The molecule has 0 fully saturated rings. The summed E-state index contributed by atoms with van der Waals surface area (Å²) >= 11 is 12.7. The van der Waals surface area contributed by atoms with Gasteiger partial charge in [0.25, 0.3) is 10.0 Å². The van der Waals surface area contributed by atoms with Gasteiger partial charge in [0.05, 0.1) is 10.6 Å². The summed E-state index contributed by atoms with van der Waals surface area (Å²) in [7, 11) is -4.18. The highest BCUT2D eigenvalue weighted by molar-refractivity contribution is 7.92. The molecular formula is C36H39Cl2N3O4S. The Kier molecular flexibility index (Phi) is 12.3. The molecule has 0 saturated heterocycles. The first-order chi connectivity index (χ1) is 22.0. The van der Waals surface area contributed by atoms with E-state index < -0.39 is 28.5 Å². The summed E-state index contributed by atoms with van der Waals surface area (Å²) in [6.45, 7) is 5.66. The van der Waals surface area contributed by atoms with Crippen LogP contribution in [0.2, 0.25) is 10.0 Å². The highest BCUT2D eigenvalue weighted by Gasteiger charge is 2.35. The molecule has 2 amide bonds. The Morgan fingerprint density at radius 2 is 1.48 bits per heavy atom. The summed E-state index contributed by atoms with van der Waals surface area (Å²) < 4.78 is 29.4. The van der Waals surface area contributed by atoms with Crippen molar-refractivity contribution < 1.29 is 18.0 Å². The van der Waals surface area contributed by atoms with Crippen LogP contribution < -0.4 is 9.62 Å². The van der Waals surface area contributed by atoms with Gasteiger partial charge in [-0.15, -0.1) is 0 Å². The van der Waals surface area contributed by atoms with Gasteiger partial charge < -0.3 is 10.2 Å². The fourth-order valence-electron chi connectivity index (χ4n) is 4.97. The number of halogens is 2. The van der Waals surface area contributed by atoms with Gasteiger partial charge in [-0.25, -0.2) is 8.42 Å². The number of nitrogens with zero attached hydrogens (tertiary/aromatic N) is 2. The lowest BCUT2D eigenvalue weighted by atomic mass is 10.0. The SMILES string of the molecule is CCCCNC(=O)C(Cc1ccccc1)N(Cc1ccc(Cl)cc1Cl)C(=O)CN(c1ccc(C)cc1)S(=O)(=O)c1ccc(C)cc1. The average molecular weight is 681 g/mol. The van der Waals surface area contributed by atoms with Crippen molar-refractivity contribution >= 4 is 50.7 Å². The van der Waals surface area contributed by atoms with Crippen molar-refractivity contribution in [1.82, 2.24) is 10.2 Å². The predicted octanol–water partition coefficient (Wildman–Crippen LogP) is 7.36. The van der Waals surface area contributed by atoms with Gasteiger partial charge in [0.2, 0.25) is 11.8 Å². The third-order valence-electron chi connectivity index (χ3n) is 7.67. The second kappa shape index (κ2) is 16.1. The van der Waals surface area contributed by atoms with E-state index in [1.165, 1.54) is 17.0 Å². The van der Waals surface area contributed by atoms with Crippen LogP contribution in [0.25, 0.3) is 0 Å². The molecule has 10 heteroatoms. The van der Waals surface area contributed by atoms with Crippen molar-refractivity contribution in [3.05, 3.63) is 129 Å². The van der Waals surface area contributed by atoms with Crippen LogP contribution in [-0.4, -0.2) is 44.3 Å².